The predicted molar refractivity (Wildman–Crippen MR) is 69.8 cm³/mol. The van der Waals surface area contributed by atoms with Crippen molar-refractivity contribution in [2.75, 3.05) is 7.11 Å². The van der Waals surface area contributed by atoms with E-state index in [2.05, 4.69) is 0 Å². The topological polar surface area (TPSA) is 44.8 Å². The van der Waals surface area contributed by atoms with Crippen LogP contribution in [-0.2, 0) is 19.0 Å². The number of rotatable bonds is 1. The first-order chi connectivity index (χ1) is 10.4. The highest BCUT2D eigenvalue weighted by Gasteiger charge is 2.74. The molecule has 124 valence electrons. The van der Waals surface area contributed by atoms with E-state index in [1.165, 1.54) is 6.08 Å². The molecule has 1 saturated heterocycles. The van der Waals surface area contributed by atoms with Gasteiger partial charge in [0.05, 0.1) is 6.10 Å². The van der Waals surface area contributed by atoms with Gasteiger partial charge in [-0.25, -0.2) is 0 Å². The maximum Gasteiger partial charge on any atom is 0.410 e. The first-order valence-electron chi connectivity index (χ1n) is 7.53. The van der Waals surface area contributed by atoms with Crippen LogP contribution in [0.5, 0.6) is 0 Å². The first kappa shape index (κ1) is 15.8. The summed E-state index contributed by atoms with van der Waals surface area (Å²) >= 11 is 0. The van der Waals surface area contributed by atoms with Crippen LogP contribution < -0.4 is 0 Å². The summed E-state index contributed by atoms with van der Waals surface area (Å²) in [7, 11) is 1.16. The Morgan fingerprint density at radius 1 is 1.27 bits per heavy atom. The summed E-state index contributed by atoms with van der Waals surface area (Å²) in [6.07, 6.45) is -1.24. The van der Waals surface area contributed by atoms with E-state index in [0.717, 1.165) is 26.4 Å². The molecule has 3 aliphatic rings. The van der Waals surface area contributed by atoms with Gasteiger partial charge < -0.3 is 14.2 Å². The van der Waals surface area contributed by atoms with Gasteiger partial charge in [0.25, 0.3) is 0 Å². The van der Waals surface area contributed by atoms with Gasteiger partial charge in [-0.2, -0.15) is 13.2 Å². The minimum absolute atomic E-state index is 0.0240. The highest BCUT2D eigenvalue weighted by Crippen LogP contribution is 2.55. The van der Waals surface area contributed by atoms with Crippen molar-refractivity contribution in [2.24, 2.45) is 5.41 Å². The van der Waals surface area contributed by atoms with Crippen molar-refractivity contribution in [3.8, 4) is 0 Å². The molecule has 0 unspecified atom stereocenters. The van der Waals surface area contributed by atoms with E-state index in [9.17, 15) is 18.0 Å². The number of carbonyl (C=O) groups excluding carboxylic acids is 1. The summed E-state index contributed by atoms with van der Waals surface area (Å²) in [6, 6.07) is 0. The van der Waals surface area contributed by atoms with Crippen molar-refractivity contribution in [3.05, 3.63) is 12.2 Å². The Balaban J connectivity index is 2.02. The quantitative estimate of drug-likeness (QED) is 0.550. The van der Waals surface area contributed by atoms with Gasteiger partial charge >= 0.3 is 12.1 Å². The Morgan fingerprint density at radius 2 is 1.95 bits per heavy atom. The lowest BCUT2D eigenvalue weighted by Crippen LogP contribution is -2.69. The predicted octanol–water partition coefficient (Wildman–Crippen LogP) is 3.11. The highest BCUT2D eigenvalue weighted by atomic mass is 19.4. The fourth-order valence-corrected chi connectivity index (χ4v) is 3.81. The number of fused-ring (bicyclic) bond motifs is 1. The molecule has 0 aromatic carbocycles. The lowest BCUT2D eigenvalue weighted by atomic mass is 9.70. The molecule has 1 heterocycles. The molecule has 1 aliphatic heterocycles. The molecule has 0 aromatic rings. The van der Waals surface area contributed by atoms with Crippen LogP contribution in [0.3, 0.4) is 0 Å². The van der Waals surface area contributed by atoms with Gasteiger partial charge in [-0.05, 0) is 19.3 Å². The van der Waals surface area contributed by atoms with Crippen molar-refractivity contribution in [1.29, 1.82) is 0 Å². The number of carbonyl (C=O) groups is 1. The second-order valence-corrected chi connectivity index (χ2v) is 6.15. The number of hydrogen-bond acceptors (Lipinski definition) is 4. The van der Waals surface area contributed by atoms with Gasteiger partial charge in [-0.3, -0.25) is 4.79 Å². The summed E-state index contributed by atoms with van der Waals surface area (Å²) in [6.45, 7) is 0. The Bertz CT molecular complexity index is 482. The van der Waals surface area contributed by atoms with Gasteiger partial charge in [-0.1, -0.05) is 18.6 Å². The van der Waals surface area contributed by atoms with Crippen molar-refractivity contribution in [1.82, 2.24) is 0 Å². The first-order valence-corrected chi connectivity index (χ1v) is 7.53. The second kappa shape index (κ2) is 5.23. The molecule has 0 amide bonds. The average molecular weight is 320 g/mol. The smallest absolute Gasteiger partial charge is 0.410 e. The average Bonchev–Trinajstić information content (AvgIpc) is 2.45. The van der Waals surface area contributed by atoms with Crippen molar-refractivity contribution >= 4 is 5.97 Å². The van der Waals surface area contributed by atoms with Crippen LogP contribution in [0.15, 0.2) is 12.2 Å². The third kappa shape index (κ3) is 2.09. The second-order valence-electron chi connectivity index (χ2n) is 6.15. The molecule has 1 saturated carbocycles. The number of hydrogen-bond donors (Lipinski definition) is 0. The van der Waals surface area contributed by atoms with Gasteiger partial charge in [0.1, 0.15) is 6.10 Å². The zero-order chi connectivity index (χ0) is 16.0. The highest BCUT2D eigenvalue weighted by molar-refractivity contribution is 5.81. The van der Waals surface area contributed by atoms with Crippen molar-refractivity contribution in [2.45, 2.75) is 62.7 Å². The van der Waals surface area contributed by atoms with Crippen LogP contribution in [0.1, 0.15) is 38.5 Å². The molecule has 3 rings (SSSR count). The summed E-state index contributed by atoms with van der Waals surface area (Å²) in [5, 5.41) is 0. The molecule has 22 heavy (non-hydrogen) atoms. The number of methoxy groups -OCH3 is 1. The van der Waals surface area contributed by atoms with Crippen LogP contribution in [-0.4, -0.2) is 37.3 Å². The van der Waals surface area contributed by atoms with E-state index < -0.39 is 35.6 Å². The molecule has 0 aromatic heterocycles. The molecular weight excluding hydrogens is 301 g/mol. The number of halogens is 3. The van der Waals surface area contributed by atoms with Gasteiger partial charge in [0.2, 0.25) is 11.2 Å². The Kier molecular flexibility index (Phi) is 3.76. The summed E-state index contributed by atoms with van der Waals surface area (Å²) in [4.78, 5) is 12.5. The zero-order valence-electron chi connectivity index (χ0n) is 12.3. The van der Waals surface area contributed by atoms with E-state index in [1.807, 2.05) is 0 Å². The van der Waals surface area contributed by atoms with Crippen LogP contribution in [0.25, 0.3) is 0 Å². The molecule has 4 nitrogen and oxygen atoms in total. The molecular formula is C15H19F3O4. The molecule has 2 aliphatic carbocycles. The van der Waals surface area contributed by atoms with Crippen LogP contribution >= 0.6 is 0 Å². The molecule has 0 radical (unpaired) electrons. The third-order valence-electron chi connectivity index (χ3n) is 4.93. The largest absolute Gasteiger partial charge is 0.432 e. The fourth-order valence-electron chi connectivity index (χ4n) is 3.81. The van der Waals surface area contributed by atoms with Crippen molar-refractivity contribution in [3.63, 3.8) is 0 Å². The maximum absolute atomic E-state index is 13.8. The fraction of sp³-hybridized carbons (Fsp3) is 0.800. The monoisotopic (exact) mass is 320 g/mol. The van der Waals surface area contributed by atoms with Gasteiger partial charge in [0, 0.05) is 20.0 Å². The minimum atomic E-state index is -4.81. The molecule has 7 heteroatoms. The number of esters is 1. The van der Waals surface area contributed by atoms with Crippen LogP contribution in [0, 0.1) is 5.41 Å². The van der Waals surface area contributed by atoms with E-state index >= 15 is 0 Å². The maximum atomic E-state index is 13.8. The van der Waals surface area contributed by atoms with E-state index in [0.29, 0.717) is 12.8 Å². The minimum Gasteiger partial charge on any atom is -0.432 e. The van der Waals surface area contributed by atoms with Crippen molar-refractivity contribution < 1.29 is 32.2 Å². The van der Waals surface area contributed by atoms with E-state index in [1.54, 1.807) is 6.08 Å². The SMILES string of the molecule is CO[C@H]1C=CC[C@H]2OC3(CCCCC3)OC(=O)[C@@]12C(F)(F)F. The van der Waals surface area contributed by atoms with Crippen LogP contribution in [0.4, 0.5) is 13.2 Å². The normalized spacial score (nSPS) is 37.7. The molecule has 0 N–H and O–H groups in total. The summed E-state index contributed by atoms with van der Waals surface area (Å²) in [5.41, 5.74) is -2.78. The molecule has 0 bridgehead atoms. The molecule has 2 fully saturated rings. The standard InChI is InChI=1S/C15H19F3O4/c1-20-10-6-5-7-11-14(10,15(16,17)18)12(19)22-13(21-11)8-3-2-4-9-13/h5-6,10-11H,2-4,7-9H2,1H3/t10-,11+,14+/m0/s1. The van der Waals surface area contributed by atoms with Gasteiger partial charge in [-0.15, -0.1) is 0 Å². The van der Waals surface area contributed by atoms with Crippen LogP contribution in [0.2, 0.25) is 0 Å². The van der Waals surface area contributed by atoms with Gasteiger partial charge in [0.15, 0.2) is 0 Å². The summed E-state index contributed by atoms with van der Waals surface area (Å²) in [5.74, 6) is -2.47. The summed E-state index contributed by atoms with van der Waals surface area (Å²) < 4.78 is 57.4. The third-order valence-corrected chi connectivity index (χ3v) is 4.93. The lowest BCUT2D eigenvalue weighted by molar-refractivity contribution is -0.369. The zero-order valence-corrected chi connectivity index (χ0v) is 12.3. The van der Waals surface area contributed by atoms with E-state index in [4.69, 9.17) is 14.2 Å². The Morgan fingerprint density at radius 3 is 2.55 bits per heavy atom. The lowest BCUT2D eigenvalue weighted by Gasteiger charge is -2.53. The Hall–Kier alpha value is -1.08. The molecule has 3 atom stereocenters. The van der Waals surface area contributed by atoms with E-state index in [-0.39, 0.29) is 6.42 Å². The Labute approximate surface area is 126 Å². The number of alkyl halides is 3. The molecule has 1 spiro atoms. The number of ether oxygens (including phenoxy) is 3.